The van der Waals surface area contributed by atoms with E-state index in [9.17, 15) is 13.2 Å². The predicted octanol–water partition coefficient (Wildman–Crippen LogP) is 2.48. The summed E-state index contributed by atoms with van der Waals surface area (Å²) in [6, 6.07) is 6.22. The van der Waals surface area contributed by atoms with E-state index >= 15 is 0 Å². The average molecular weight is 425 g/mol. The van der Waals surface area contributed by atoms with Crippen molar-refractivity contribution in [2.75, 3.05) is 18.8 Å². The van der Waals surface area contributed by atoms with Crippen molar-refractivity contribution in [3.63, 3.8) is 0 Å². The molecule has 0 atom stereocenters. The van der Waals surface area contributed by atoms with Gasteiger partial charge in [-0.1, -0.05) is 29.8 Å². The van der Waals surface area contributed by atoms with Crippen LogP contribution in [0.3, 0.4) is 0 Å². The minimum absolute atomic E-state index is 0.114. The van der Waals surface area contributed by atoms with Crippen molar-refractivity contribution in [2.45, 2.75) is 30.4 Å². The van der Waals surface area contributed by atoms with Gasteiger partial charge in [0.15, 0.2) is 0 Å². The summed E-state index contributed by atoms with van der Waals surface area (Å²) in [5.41, 5.74) is 1.48. The number of hydrogen-bond acceptors (Lipinski definition) is 5. The summed E-state index contributed by atoms with van der Waals surface area (Å²) in [5, 5.41) is 9.13. The van der Waals surface area contributed by atoms with Crippen molar-refractivity contribution in [2.24, 2.45) is 0 Å². The van der Waals surface area contributed by atoms with Crippen molar-refractivity contribution in [1.29, 1.82) is 0 Å². The maximum Gasteiger partial charge on any atom is 0.258 e. The van der Waals surface area contributed by atoms with Crippen LogP contribution in [0.1, 0.15) is 20.3 Å². The Morgan fingerprint density at radius 1 is 1.35 bits per heavy atom. The van der Waals surface area contributed by atoms with Crippen molar-refractivity contribution < 1.29 is 18.4 Å². The Bertz CT molecular complexity index is 606. The molecule has 1 rings (SSSR count). The molecule has 0 spiro atoms. The van der Waals surface area contributed by atoms with Crippen LogP contribution in [0, 0.1) is 0 Å². The number of nitrogens with zero attached hydrogens (tertiary/aromatic N) is 1. The molecule has 130 valence electrons. The molecule has 0 aliphatic heterocycles. The molecule has 1 amide bonds. The summed E-state index contributed by atoms with van der Waals surface area (Å²) in [4.78, 5) is 11.5. The van der Waals surface area contributed by atoms with E-state index < -0.39 is 22.5 Å². The highest BCUT2D eigenvalue weighted by Gasteiger charge is 2.26. The smallest absolute Gasteiger partial charge is 0.258 e. The lowest BCUT2D eigenvalue weighted by Crippen LogP contribution is -2.40. The first kappa shape index (κ1) is 20.4. The van der Waals surface area contributed by atoms with E-state index in [0.29, 0.717) is 11.7 Å². The molecule has 0 aliphatic carbocycles. The molecule has 0 aliphatic rings. The summed E-state index contributed by atoms with van der Waals surface area (Å²) in [6.45, 7) is 3.94. The zero-order valence-electron chi connectivity index (χ0n) is 13.0. The van der Waals surface area contributed by atoms with Gasteiger partial charge in [-0.2, -0.15) is 16.1 Å². The fourth-order valence-corrected chi connectivity index (χ4v) is 4.26. The lowest BCUT2D eigenvalue weighted by molar-refractivity contribution is -0.129. The fourth-order valence-electron chi connectivity index (χ4n) is 1.80. The Morgan fingerprint density at radius 3 is 2.48 bits per heavy atom. The Balaban J connectivity index is 2.88. The molecule has 0 radical (unpaired) electrons. The number of hydrogen-bond donors (Lipinski definition) is 2. The molecule has 0 unspecified atom stereocenters. The third-order valence-corrected chi connectivity index (χ3v) is 6.48. The summed E-state index contributed by atoms with van der Waals surface area (Å²) in [7, 11) is -3.79. The van der Waals surface area contributed by atoms with Crippen LogP contribution in [0.4, 0.5) is 0 Å². The van der Waals surface area contributed by atoms with Crippen LogP contribution in [0.25, 0.3) is 0 Å². The van der Waals surface area contributed by atoms with Gasteiger partial charge in [0.05, 0.1) is 11.4 Å². The Morgan fingerprint density at radius 2 is 1.96 bits per heavy atom. The number of thioether (sulfide) groups is 1. The molecule has 0 heterocycles. The van der Waals surface area contributed by atoms with E-state index in [2.05, 4.69) is 29.8 Å². The summed E-state index contributed by atoms with van der Waals surface area (Å²) < 4.78 is 27.2. The summed E-state index contributed by atoms with van der Waals surface area (Å²) >= 11 is 4.99. The lowest BCUT2D eigenvalue weighted by Gasteiger charge is -2.21. The molecule has 0 bridgehead atoms. The van der Waals surface area contributed by atoms with E-state index in [4.69, 9.17) is 5.21 Å². The van der Waals surface area contributed by atoms with Gasteiger partial charge in [0, 0.05) is 11.0 Å². The van der Waals surface area contributed by atoms with Gasteiger partial charge < -0.3 is 0 Å². The molecular formula is C14H21BrN2O4S2. The first-order valence-corrected chi connectivity index (χ1v) is 10.4. The molecule has 0 aromatic heterocycles. The molecular weight excluding hydrogens is 404 g/mol. The topological polar surface area (TPSA) is 86.7 Å². The highest BCUT2D eigenvalue weighted by molar-refractivity contribution is 9.10. The van der Waals surface area contributed by atoms with Gasteiger partial charge in [0.25, 0.3) is 5.91 Å². The molecule has 0 fully saturated rings. The lowest BCUT2D eigenvalue weighted by atomic mass is 10.4. The largest absolute Gasteiger partial charge is 0.289 e. The van der Waals surface area contributed by atoms with Gasteiger partial charge in [0.1, 0.15) is 0 Å². The van der Waals surface area contributed by atoms with Crippen LogP contribution in [0.2, 0.25) is 0 Å². The number of sulfonamides is 1. The van der Waals surface area contributed by atoms with E-state index in [0.717, 1.165) is 14.5 Å². The zero-order chi connectivity index (χ0) is 17.5. The second-order valence-corrected chi connectivity index (χ2v) is 9.64. The van der Waals surface area contributed by atoms with Crippen LogP contribution >= 0.6 is 27.7 Å². The summed E-state index contributed by atoms with van der Waals surface area (Å²) in [6.07, 6.45) is 0.622. The highest BCUT2D eigenvalue weighted by atomic mass is 79.9. The van der Waals surface area contributed by atoms with Crippen molar-refractivity contribution in [3.05, 3.63) is 28.7 Å². The molecule has 9 heteroatoms. The molecule has 6 nitrogen and oxygen atoms in total. The number of benzene rings is 1. The fraction of sp³-hybridized carbons (Fsp3) is 0.500. The van der Waals surface area contributed by atoms with Crippen LogP contribution in [0.15, 0.2) is 33.6 Å². The normalized spacial score (nSPS) is 11.9. The summed E-state index contributed by atoms with van der Waals surface area (Å²) in [5.74, 6) is 0.0345. The van der Waals surface area contributed by atoms with E-state index in [1.165, 1.54) is 17.6 Å². The number of hydroxylamine groups is 1. The Hall–Kier alpha value is -0.610. The maximum atomic E-state index is 12.7. The van der Waals surface area contributed by atoms with Crippen molar-refractivity contribution in [3.8, 4) is 0 Å². The van der Waals surface area contributed by atoms with Crippen LogP contribution < -0.4 is 5.48 Å². The number of rotatable bonds is 9. The number of nitrogens with one attached hydrogen (secondary N) is 1. The zero-order valence-corrected chi connectivity index (χ0v) is 16.2. The monoisotopic (exact) mass is 424 g/mol. The minimum Gasteiger partial charge on any atom is -0.289 e. The van der Waals surface area contributed by atoms with Gasteiger partial charge in [-0.15, -0.1) is 0 Å². The number of halogens is 1. The van der Waals surface area contributed by atoms with Crippen LogP contribution in [0.5, 0.6) is 0 Å². The standard InChI is InChI=1S/C14H21BrN2O4S2/c1-11(2)22-9-3-8-17(10-14(18)16-19)23(20,21)13-6-4-12(15)5-7-13/h4-7,11,19H,3,8-10H2,1-2H3,(H,16,18). The van der Waals surface area contributed by atoms with E-state index in [1.807, 2.05) is 0 Å². The number of amides is 1. The Labute approximate surface area is 149 Å². The third kappa shape index (κ3) is 6.80. The number of carbonyl (C=O) groups excluding carboxylic acids is 1. The van der Waals surface area contributed by atoms with Gasteiger partial charge >= 0.3 is 0 Å². The van der Waals surface area contributed by atoms with Crippen molar-refractivity contribution in [1.82, 2.24) is 9.79 Å². The Kier molecular flexibility index (Phi) is 8.56. The van der Waals surface area contributed by atoms with Gasteiger partial charge in [-0.05, 0) is 41.7 Å². The van der Waals surface area contributed by atoms with E-state index in [-0.39, 0.29) is 11.4 Å². The highest BCUT2D eigenvalue weighted by Crippen LogP contribution is 2.20. The first-order valence-electron chi connectivity index (χ1n) is 7.07. The van der Waals surface area contributed by atoms with E-state index in [1.54, 1.807) is 23.9 Å². The molecule has 0 saturated heterocycles. The molecule has 0 saturated carbocycles. The van der Waals surface area contributed by atoms with Crippen molar-refractivity contribution >= 4 is 43.6 Å². The van der Waals surface area contributed by atoms with Gasteiger partial charge in [-0.3, -0.25) is 10.0 Å². The number of carbonyl (C=O) groups is 1. The third-order valence-electron chi connectivity index (χ3n) is 2.90. The molecule has 1 aromatic rings. The maximum absolute atomic E-state index is 12.7. The second kappa shape index (κ2) is 9.63. The second-order valence-electron chi connectivity index (χ2n) is 5.10. The molecule has 2 N–H and O–H groups in total. The van der Waals surface area contributed by atoms with Crippen LogP contribution in [-0.4, -0.2) is 47.9 Å². The van der Waals surface area contributed by atoms with Gasteiger partial charge in [-0.25, -0.2) is 13.9 Å². The SMILES string of the molecule is CC(C)SCCCN(CC(=O)NO)S(=O)(=O)c1ccc(Br)cc1. The molecule has 1 aromatic carbocycles. The van der Waals surface area contributed by atoms with Crippen LogP contribution in [-0.2, 0) is 14.8 Å². The quantitative estimate of drug-likeness (QED) is 0.361. The average Bonchev–Trinajstić information content (AvgIpc) is 2.50. The minimum atomic E-state index is -3.79. The molecule has 23 heavy (non-hydrogen) atoms. The predicted molar refractivity (Wildman–Crippen MR) is 95.0 cm³/mol. The first-order chi connectivity index (χ1) is 10.8. The van der Waals surface area contributed by atoms with Gasteiger partial charge in [0.2, 0.25) is 10.0 Å².